The van der Waals surface area contributed by atoms with Gasteiger partial charge in [-0.15, -0.1) is 10.2 Å². The zero-order chi connectivity index (χ0) is 21.7. The standard InChI is InChI=1S/C22H26FN5OS/c1-15-5-11-18(12-6-15)28-19(13-24-20(29)25-22(2,3)4)26-27-21(28)30-14-16-7-9-17(23)10-8-16/h5-12H,13-14H2,1-4H3,(H2,24,25,29). The van der Waals surface area contributed by atoms with Crippen LogP contribution in [0.3, 0.4) is 0 Å². The van der Waals surface area contributed by atoms with E-state index < -0.39 is 0 Å². The van der Waals surface area contributed by atoms with Gasteiger partial charge in [-0.1, -0.05) is 41.6 Å². The van der Waals surface area contributed by atoms with Crippen LogP contribution in [0.1, 0.15) is 37.7 Å². The summed E-state index contributed by atoms with van der Waals surface area (Å²) in [4.78, 5) is 12.2. The first-order chi connectivity index (χ1) is 14.2. The van der Waals surface area contributed by atoms with Gasteiger partial charge >= 0.3 is 6.03 Å². The monoisotopic (exact) mass is 427 g/mol. The summed E-state index contributed by atoms with van der Waals surface area (Å²) in [6.07, 6.45) is 0. The van der Waals surface area contributed by atoms with E-state index in [-0.39, 0.29) is 23.9 Å². The number of amides is 2. The molecule has 0 radical (unpaired) electrons. The van der Waals surface area contributed by atoms with Gasteiger partial charge in [0.05, 0.1) is 6.54 Å². The third-order valence-corrected chi connectivity index (χ3v) is 5.17. The Morgan fingerprint density at radius 3 is 2.37 bits per heavy atom. The van der Waals surface area contributed by atoms with Crippen LogP contribution in [0.25, 0.3) is 5.69 Å². The predicted molar refractivity (Wildman–Crippen MR) is 117 cm³/mol. The minimum Gasteiger partial charge on any atom is -0.334 e. The number of rotatable bonds is 6. The highest BCUT2D eigenvalue weighted by Crippen LogP contribution is 2.25. The third-order valence-electron chi connectivity index (χ3n) is 4.17. The number of nitrogens with zero attached hydrogens (tertiary/aromatic N) is 3. The normalized spacial score (nSPS) is 11.4. The van der Waals surface area contributed by atoms with Crippen LogP contribution in [0.5, 0.6) is 0 Å². The molecule has 0 saturated heterocycles. The zero-order valence-electron chi connectivity index (χ0n) is 17.6. The molecule has 0 spiro atoms. The van der Waals surface area contributed by atoms with Crippen molar-refractivity contribution >= 4 is 17.8 Å². The second kappa shape index (κ2) is 9.30. The van der Waals surface area contributed by atoms with Crippen LogP contribution in [-0.4, -0.2) is 26.3 Å². The summed E-state index contributed by atoms with van der Waals surface area (Å²) in [7, 11) is 0. The van der Waals surface area contributed by atoms with E-state index in [1.807, 2.05) is 56.5 Å². The molecule has 0 aliphatic carbocycles. The predicted octanol–water partition coefficient (Wildman–Crippen LogP) is 4.60. The van der Waals surface area contributed by atoms with Crippen LogP contribution >= 0.6 is 11.8 Å². The lowest BCUT2D eigenvalue weighted by molar-refractivity contribution is 0.231. The van der Waals surface area contributed by atoms with Crippen LogP contribution in [0, 0.1) is 12.7 Å². The Hall–Kier alpha value is -2.87. The van der Waals surface area contributed by atoms with Crippen LogP contribution in [0.2, 0.25) is 0 Å². The van der Waals surface area contributed by atoms with Gasteiger partial charge in [0.2, 0.25) is 0 Å². The van der Waals surface area contributed by atoms with Crippen molar-refractivity contribution in [2.75, 3.05) is 0 Å². The SMILES string of the molecule is Cc1ccc(-n2c(CNC(=O)NC(C)(C)C)nnc2SCc2ccc(F)cc2)cc1. The minimum atomic E-state index is -0.328. The van der Waals surface area contributed by atoms with Crippen molar-refractivity contribution in [1.29, 1.82) is 0 Å². The van der Waals surface area contributed by atoms with E-state index in [2.05, 4.69) is 20.8 Å². The number of thioether (sulfide) groups is 1. The van der Waals surface area contributed by atoms with Gasteiger partial charge in [-0.2, -0.15) is 0 Å². The van der Waals surface area contributed by atoms with E-state index in [4.69, 9.17) is 0 Å². The smallest absolute Gasteiger partial charge is 0.315 e. The first-order valence-electron chi connectivity index (χ1n) is 9.66. The van der Waals surface area contributed by atoms with Crippen molar-refractivity contribution in [3.8, 4) is 5.69 Å². The molecule has 0 saturated carbocycles. The summed E-state index contributed by atoms with van der Waals surface area (Å²) < 4.78 is 15.1. The van der Waals surface area contributed by atoms with Gasteiger partial charge in [-0.05, 0) is 57.5 Å². The summed E-state index contributed by atoms with van der Waals surface area (Å²) in [5, 5.41) is 15.1. The fourth-order valence-electron chi connectivity index (χ4n) is 2.73. The summed E-state index contributed by atoms with van der Waals surface area (Å²) in [5.74, 6) is 1.00. The first-order valence-corrected chi connectivity index (χ1v) is 10.6. The number of aryl methyl sites for hydroxylation is 1. The molecule has 0 aliphatic rings. The van der Waals surface area contributed by atoms with Crippen LogP contribution in [0.4, 0.5) is 9.18 Å². The van der Waals surface area contributed by atoms with Crippen molar-refractivity contribution in [3.05, 3.63) is 71.3 Å². The van der Waals surface area contributed by atoms with Crippen molar-refractivity contribution < 1.29 is 9.18 Å². The molecule has 0 bridgehead atoms. The number of carbonyl (C=O) groups is 1. The second-order valence-electron chi connectivity index (χ2n) is 8.04. The number of nitrogens with one attached hydrogen (secondary N) is 2. The van der Waals surface area contributed by atoms with E-state index in [0.29, 0.717) is 16.7 Å². The maximum atomic E-state index is 13.2. The fourth-order valence-corrected chi connectivity index (χ4v) is 3.66. The number of halogens is 1. The molecule has 6 nitrogen and oxygen atoms in total. The molecule has 2 amide bonds. The molecule has 0 fully saturated rings. The van der Waals surface area contributed by atoms with E-state index in [1.54, 1.807) is 12.1 Å². The fraction of sp³-hybridized carbons (Fsp3) is 0.318. The van der Waals surface area contributed by atoms with Crippen molar-refractivity contribution in [2.24, 2.45) is 0 Å². The molecule has 30 heavy (non-hydrogen) atoms. The van der Waals surface area contributed by atoms with Crippen molar-refractivity contribution in [2.45, 2.75) is 50.7 Å². The summed E-state index contributed by atoms with van der Waals surface area (Å²) in [5.41, 5.74) is 2.73. The first kappa shape index (κ1) is 21.8. The van der Waals surface area contributed by atoms with Gasteiger partial charge < -0.3 is 10.6 Å². The number of carbonyl (C=O) groups excluding carboxylic acids is 1. The van der Waals surface area contributed by atoms with Crippen molar-refractivity contribution in [3.63, 3.8) is 0 Å². The van der Waals surface area contributed by atoms with Crippen LogP contribution in [0.15, 0.2) is 53.7 Å². The molecule has 3 aromatic rings. The average molecular weight is 428 g/mol. The van der Waals surface area contributed by atoms with E-state index in [1.165, 1.54) is 23.9 Å². The summed E-state index contributed by atoms with van der Waals surface area (Å²) in [6, 6.07) is 14.2. The lowest BCUT2D eigenvalue weighted by Crippen LogP contribution is -2.46. The van der Waals surface area contributed by atoms with Gasteiger partial charge in [0.1, 0.15) is 5.82 Å². The van der Waals surface area contributed by atoms with Crippen LogP contribution in [-0.2, 0) is 12.3 Å². The molecule has 8 heteroatoms. The van der Waals surface area contributed by atoms with E-state index in [0.717, 1.165) is 16.8 Å². The van der Waals surface area contributed by atoms with Gasteiger partial charge in [-0.3, -0.25) is 4.57 Å². The Balaban J connectivity index is 1.81. The quantitative estimate of drug-likeness (QED) is 0.564. The highest BCUT2D eigenvalue weighted by Gasteiger charge is 2.17. The maximum Gasteiger partial charge on any atom is 0.315 e. The topological polar surface area (TPSA) is 71.8 Å². The third kappa shape index (κ3) is 6.06. The van der Waals surface area contributed by atoms with Crippen LogP contribution < -0.4 is 10.6 Å². The second-order valence-corrected chi connectivity index (χ2v) is 8.99. The highest BCUT2D eigenvalue weighted by molar-refractivity contribution is 7.98. The zero-order valence-corrected chi connectivity index (χ0v) is 18.4. The van der Waals surface area contributed by atoms with E-state index >= 15 is 0 Å². The molecule has 2 aromatic carbocycles. The van der Waals surface area contributed by atoms with Crippen molar-refractivity contribution in [1.82, 2.24) is 25.4 Å². The molecule has 3 rings (SSSR count). The van der Waals surface area contributed by atoms with E-state index in [9.17, 15) is 9.18 Å². The Bertz CT molecular complexity index is 994. The molecular weight excluding hydrogens is 401 g/mol. The minimum absolute atomic E-state index is 0.236. The molecular formula is C22H26FN5OS. The highest BCUT2D eigenvalue weighted by atomic mass is 32.2. The van der Waals surface area contributed by atoms with Gasteiger partial charge in [0.15, 0.2) is 11.0 Å². The lowest BCUT2D eigenvalue weighted by Gasteiger charge is -2.20. The molecule has 2 N–H and O–H groups in total. The molecule has 0 unspecified atom stereocenters. The Kier molecular flexibility index (Phi) is 6.77. The summed E-state index contributed by atoms with van der Waals surface area (Å²) >= 11 is 1.51. The average Bonchev–Trinajstić information content (AvgIpc) is 3.08. The Morgan fingerprint density at radius 1 is 1.07 bits per heavy atom. The summed E-state index contributed by atoms with van der Waals surface area (Å²) in [6.45, 7) is 8.03. The van der Waals surface area contributed by atoms with Gasteiger partial charge in [-0.25, -0.2) is 9.18 Å². The molecule has 1 aromatic heterocycles. The largest absolute Gasteiger partial charge is 0.334 e. The Labute approximate surface area is 180 Å². The number of urea groups is 1. The lowest BCUT2D eigenvalue weighted by atomic mass is 10.1. The van der Waals surface area contributed by atoms with Gasteiger partial charge in [0, 0.05) is 17.0 Å². The number of benzene rings is 2. The number of aromatic nitrogens is 3. The Morgan fingerprint density at radius 2 is 1.73 bits per heavy atom. The number of hydrogen-bond acceptors (Lipinski definition) is 4. The molecule has 158 valence electrons. The molecule has 0 aliphatic heterocycles. The molecule has 1 heterocycles. The molecule has 0 atom stereocenters. The maximum absolute atomic E-state index is 13.2. The van der Waals surface area contributed by atoms with Gasteiger partial charge in [0.25, 0.3) is 0 Å². The number of hydrogen-bond donors (Lipinski definition) is 2.